The number of esters is 1. The van der Waals surface area contributed by atoms with Gasteiger partial charge >= 0.3 is 5.97 Å². The van der Waals surface area contributed by atoms with Crippen molar-refractivity contribution < 1.29 is 22.7 Å². The Morgan fingerprint density at radius 2 is 1.66 bits per heavy atom. The summed E-state index contributed by atoms with van der Waals surface area (Å²) in [7, 11) is -3.93. The van der Waals surface area contributed by atoms with Gasteiger partial charge in [0.25, 0.3) is 0 Å². The second-order valence-corrected chi connectivity index (χ2v) is 10.8. The Kier molecular flexibility index (Phi) is 7.96. The number of halogens is 1. The van der Waals surface area contributed by atoms with E-state index >= 15 is 0 Å². The van der Waals surface area contributed by atoms with Crippen LogP contribution in [0.25, 0.3) is 0 Å². The van der Waals surface area contributed by atoms with Crippen LogP contribution in [0, 0.1) is 6.92 Å². The largest absolute Gasteiger partial charge is 0.463 e. The molecule has 6 nitrogen and oxygen atoms in total. The van der Waals surface area contributed by atoms with Crippen molar-refractivity contribution >= 4 is 33.3 Å². The van der Waals surface area contributed by atoms with Crippen molar-refractivity contribution in [2.24, 2.45) is 0 Å². The Bertz CT molecular complexity index is 1040. The van der Waals surface area contributed by atoms with Gasteiger partial charge in [-0.25, -0.2) is 8.42 Å². The van der Waals surface area contributed by atoms with Crippen LogP contribution in [0.5, 0.6) is 0 Å². The summed E-state index contributed by atoms with van der Waals surface area (Å²) >= 11 is 5.87. The maximum atomic E-state index is 13.3. The van der Waals surface area contributed by atoms with Crippen LogP contribution in [0.2, 0.25) is 5.02 Å². The molecule has 2 aromatic carbocycles. The Balaban J connectivity index is 1.52. The maximum Gasteiger partial charge on any atom is 0.327 e. The number of nitrogens with one attached hydrogen (secondary N) is 1. The highest BCUT2D eigenvalue weighted by atomic mass is 35.5. The van der Waals surface area contributed by atoms with Crippen LogP contribution < -0.4 is 5.32 Å². The van der Waals surface area contributed by atoms with Gasteiger partial charge in [-0.2, -0.15) is 0 Å². The molecule has 0 spiro atoms. The van der Waals surface area contributed by atoms with Gasteiger partial charge in [-0.15, -0.1) is 0 Å². The number of hydrogen-bond acceptors (Lipinski definition) is 5. The number of hydrogen-bond donors (Lipinski definition) is 1. The summed E-state index contributed by atoms with van der Waals surface area (Å²) < 4.78 is 30.3. The molecule has 1 aliphatic rings. The van der Waals surface area contributed by atoms with Gasteiger partial charge in [0, 0.05) is 11.4 Å². The van der Waals surface area contributed by atoms with Gasteiger partial charge < -0.3 is 10.1 Å². The van der Waals surface area contributed by atoms with E-state index in [4.69, 9.17) is 16.3 Å². The summed E-state index contributed by atoms with van der Waals surface area (Å²) in [6, 6.07) is 13.8. The van der Waals surface area contributed by atoms with Crippen molar-refractivity contribution in [2.75, 3.05) is 13.2 Å². The van der Waals surface area contributed by atoms with Gasteiger partial charge in [0.05, 0.1) is 11.4 Å². The number of ether oxygens (including phenoxy) is 1. The SMILES string of the molecule is Cc1ccc(CCC(=O)NCCOC(=O)C2(S(=O)(=O)c3ccc(Cl)cc3)CCCC2)cc1. The zero-order valence-electron chi connectivity index (χ0n) is 18.1. The van der Waals surface area contributed by atoms with E-state index in [-0.39, 0.29) is 36.8 Å². The molecule has 172 valence electrons. The minimum atomic E-state index is -3.93. The van der Waals surface area contributed by atoms with E-state index in [1.54, 1.807) is 0 Å². The molecule has 1 amide bonds. The summed E-state index contributed by atoms with van der Waals surface area (Å²) in [6.45, 7) is 2.07. The van der Waals surface area contributed by atoms with Crippen LogP contribution in [0.1, 0.15) is 43.2 Å². The molecular formula is C24H28ClNO5S. The fraction of sp³-hybridized carbons (Fsp3) is 0.417. The van der Waals surface area contributed by atoms with Crippen molar-refractivity contribution in [2.45, 2.75) is 55.1 Å². The van der Waals surface area contributed by atoms with Crippen molar-refractivity contribution in [3.8, 4) is 0 Å². The number of benzene rings is 2. The van der Waals surface area contributed by atoms with Gasteiger partial charge in [0.1, 0.15) is 6.61 Å². The zero-order valence-corrected chi connectivity index (χ0v) is 19.7. The third kappa shape index (κ3) is 5.51. The molecule has 8 heteroatoms. The molecule has 0 radical (unpaired) electrons. The Hall–Kier alpha value is -2.38. The summed E-state index contributed by atoms with van der Waals surface area (Å²) in [5.74, 6) is -0.898. The molecule has 0 aromatic heterocycles. The lowest BCUT2D eigenvalue weighted by atomic mass is 10.1. The van der Waals surface area contributed by atoms with E-state index < -0.39 is 20.6 Å². The third-order valence-corrected chi connectivity index (χ3v) is 8.59. The zero-order chi connectivity index (χ0) is 23.2. The standard InChI is InChI=1S/C24H28ClNO5S/c1-18-4-6-19(7-5-18)8-13-22(27)26-16-17-31-23(28)24(14-2-3-15-24)32(29,30)21-11-9-20(25)10-12-21/h4-7,9-12H,2-3,8,13-17H2,1H3,(H,26,27). The van der Waals surface area contributed by atoms with Gasteiger partial charge in [0.15, 0.2) is 14.6 Å². The quantitative estimate of drug-likeness (QED) is 0.435. The molecule has 3 rings (SSSR count). The normalized spacial score (nSPS) is 15.3. The van der Waals surface area contributed by atoms with Crippen molar-refractivity contribution in [3.63, 3.8) is 0 Å². The van der Waals surface area contributed by atoms with Crippen LogP contribution in [0.4, 0.5) is 0 Å². The lowest BCUT2D eigenvalue weighted by Crippen LogP contribution is -2.46. The average Bonchev–Trinajstić information content (AvgIpc) is 3.28. The van der Waals surface area contributed by atoms with E-state index in [1.165, 1.54) is 24.3 Å². The molecule has 0 aliphatic heterocycles. The lowest BCUT2D eigenvalue weighted by molar-refractivity contribution is -0.147. The minimum Gasteiger partial charge on any atom is -0.463 e. The maximum absolute atomic E-state index is 13.3. The van der Waals surface area contributed by atoms with Crippen LogP contribution >= 0.6 is 11.6 Å². The van der Waals surface area contributed by atoms with E-state index in [0.717, 1.165) is 11.1 Å². The van der Waals surface area contributed by atoms with E-state index in [1.807, 2.05) is 31.2 Å². The van der Waals surface area contributed by atoms with E-state index in [0.29, 0.717) is 30.7 Å². The third-order valence-electron chi connectivity index (χ3n) is 5.84. The smallest absolute Gasteiger partial charge is 0.327 e. The highest BCUT2D eigenvalue weighted by Gasteiger charge is 2.54. The number of rotatable bonds is 9. The molecule has 0 saturated heterocycles. The first-order valence-corrected chi connectivity index (χ1v) is 12.6. The average molecular weight is 478 g/mol. The number of sulfone groups is 1. The molecule has 1 fully saturated rings. The van der Waals surface area contributed by atoms with Crippen molar-refractivity contribution in [1.82, 2.24) is 5.32 Å². The van der Waals surface area contributed by atoms with Crippen LogP contribution in [-0.4, -0.2) is 38.2 Å². The topological polar surface area (TPSA) is 89.5 Å². The monoisotopic (exact) mass is 477 g/mol. The lowest BCUT2D eigenvalue weighted by Gasteiger charge is -2.26. The Morgan fingerprint density at radius 1 is 1.03 bits per heavy atom. The van der Waals surface area contributed by atoms with Gasteiger partial charge in [-0.05, 0) is 56.0 Å². The van der Waals surface area contributed by atoms with E-state index in [2.05, 4.69) is 5.32 Å². The molecular weight excluding hydrogens is 450 g/mol. The molecule has 1 N–H and O–H groups in total. The minimum absolute atomic E-state index is 0.0603. The molecule has 0 heterocycles. The number of carbonyl (C=O) groups is 2. The summed E-state index contributed by atoms with van der Waals surface area (Å²) in [5.41, 5.74) is 2.24. The predicted octanol–water partition coefficient (Wildman–Crippen LogP) is 4.03. The van der Waals surface area contributed by atoms with Gasteiger partial charge in [-0.3, -0.25) is 9.59 Å². The summed E-state index contributed by atoms with van der Waals surface area (Å²) in [6.07, 6.45) is 2.66. The summed E-state index contributed by atoms with van der Waals surface area (Å²) in [5, 5.41) is 3.14. The molecule has 0 bridgehead atoms. The van der Waals surface area contributed by atoms with Crippen LogP contribution in [0.15, 0.2) is 53.4 Å². The molecule has 1 saturated carbocycles. The first kappa shape index (κ1) is 24.3. The second kappa shape index (κ2) is 10.5. The Labute approximate surface area is 194 Å². The predicted molar refractivity (Wildman–Crippen MR) is 123 cm³/mol. The highest BCUT2D eigenvalue weighted by molar-refractivity contribution is 7.93. The molecule has 1 aliphatic carbocycles. The second-order valence-electron chi connectivity index (χ2n) is 8.13. The van der Waals surface area contributed by atoms with Crippen LogP contribution in [0.3, 0.4) is 0 Å². The summed E-state index contributed by atoms with van der Waals surface area (Å²) in [4.78, 5) is 25.0. The highest BCUT2D eigenvalue weighted by Crippen LogP contribution is 2.41. The Morgan fingerprint density at radius 3 is 2.28 bits per heavy atom. The van der Waals surface area contributed by atoms with Crippen LogP contribution in [-0.2, 0) is 30.6 Å². The fourth-order valence-corrected chi connectivity index (χ4v) is 6.11. The first-order chi connectivity index (χ1) is 15.2. The first-order valence-electron chi connectivity index (χ1n) is 10.7. The number of aryl methyl sites for hydroxylation is 2. The van der Waals surface area contributed by atoms with Gasteiger partial charge in [0.2, 0.25) is 5.91 Å². The van der Waals surface area contributed by atoms with Crippen molar-refractivity contribution in [3.05, 3.63) is 64.7 Å². The van der Waals surface area contributed by atoms with Crippen molar-refractivity contribution in [1.29, 1.82) is 0 Å². The van der Waals surface area contributed by atoms with E-state index in [9.17, 15) is 18.0 Å². The number of amides is 1. The molecule has 2 aromatic rings. The number of carbonyl (C=O) groups excluding carboxylic acids is 2. The molecule has 0 unspecified atom stereocenters. The van der Waals surface area contributed by atoms with Gasteiger partial charge in [-0.1, -0.05) is 54.3 Å². The fourth-order valence-electron chi connectivity index (χ4n) is 3.93. The molecule has 0 atom stereocenters. The molecule has 32 heavy (non-hydrogen) atoms.